The molecule has 380 valence electrons. The number of oxime groups is 1. The SMILES string of the molecule is C=CCOC12Oc3ccc(Oc4ccc(OC)c(C=O)c4)cc3C3C(CCCCO)C(CCCCO)C=C(C(=NOCc4ccccc4)CC1N(Cc1ccc(F)cc1)C(=O)C=Cc1ccc([N+](=O)[O-])cc1)C32. The van der Waals surface area contributed by atoms with Gasteiger partial charge in [0.05, 0.1) is 35.8 Å². The number of amides is 1. The number of carbonyl (C=O) groups is 2. The van der Waals surface area contributed by atoms with E-state index in [2.05, 4.69) is 12.7 Å². The van der Waals surface area contributed by atoms with Gasteiger partial charge in [-0.3, -0.25) is 19.7 Å². The summed E-state index contributed by atoms with van der Waals surface area (Å²) in [4.78, 5) is 46.2. The van der Waals surface area contributed by atoms with Gasteiger partial charge < -0.3 is 38.9 Å². The normalized spacial score (nSPS) is 21.3. The van der Waals surface area contributed by atoms with Crippen molar-refractivity contribution in [1.29, 1.82) is 0 Å². The molecule has 0 spiro atoms. The van der Waals surface area contributed by atoms with E-state index < -0.39 is 40.3 Å². The average molecular weight is 994 g/mol. The molecule has 2 aliphatic carbocycles. The van der Waals surface area contributed by atoms with Crippen molar-refractivity contribution in [2.24, 2.45) is 22.9 Å². The first-order chi connectivity index (χ1) is 35.6. The van der Waals surface area contributed by atoms with E-state index in [1.54, 1.807) is 65.6 Å². The maximum atomic E-state index is 15.2. The Morgan fingerprint density at radius 2 is 1.66 bits per heavy atom. The van der Waals surface area contributed by atoms with Crippen LogP contribution in [-0.4, -0.2) is 76.7 Å². The fourth-order valence-corrected chi connectivity index (χ4v) is 10.6. The molecule has 73 heavy (non-hydrogen) atoms. The molecule has 2 N–H and O–H groups in total. The molecule has 1 heterocycles. The molecule has 1 saturated carbocycles. The fraction of sp³-hybridized carbons (Fsp3) is 0.328. The Morgan fingerprint density at radius 3 is 2.36 bits per heavy atom. The van der Waals surface area contributed by atoms with Crippen molar-refractivity contribution in [3.05, 3.63) is 189 Å². The molecular formula is C58H60FN3O11. The molecule has 3 aliphatic rings. The summed E-state index contributed by atoms with van der Waals surface area (Å²) in [6.07, 6.45) is 11.7. The van der Waals surface area contributed by atoms with Gasteiger partial charge in [0, 0.05) is 55.9 Å². The molecule has 0 bridgehead atoms. The zero-order valence-electron chi connectivity index (χ0n) is 40.7. The van der Waals surface area contributed by atoms with Crippen LogP contribution in [0.3, 0.4) is 0 Å². The number of carbonyl (C=O) groups excluding carboxylic acids is 2. The standard InChI is InChI=1S/C58H60FN3O11/c1-3-31-70-58-54(61(36-40-15-20-44(59)21-16-40)55(66)28-19-39-17-22-45(23-18-39)62(67)68)35-51(60-71-38-41-11-5-4-6-12-41)49-33-42(13-7-9-29-63)48(14-8-10-30-64)56(57(49)58)50-34-47(25-27-53(50)73-58)72-46-24-26-52(69-2)43(32-46)37-65/h3-6,11-12,15-28,32-34,37,42,48,54,56-57,63-64H,1,7-10,13-14,29-31,35-36,38H2,2H3. The van der Waals surface area contributed by atoms with E-state index in [1.807, 2.05) is 42.5 Å². The molecule has 6 unspecified atom stereocenters. The average Bonchev–Trinajstić information content (AvgIpc) is 3.41. The predicted octanol–water partition coefficient (Wildman–Crippen LogP) is 10.9. The van der Waals surface area contributed by atoms with Crippen LogP contribution in [0, 0.1) is 33.7 Å². The van der Waals surface area contributed by atoms with Crippen molar-refractivity contribution >= 4 is 29.7 Å². The van der Waals surface area contributed by atoms with Gasteiger partial charge in [-0.1, -0.05) is 72.6 Å². The van der Waals surface area contributed by atoms with Gasteiger partial charge in [0.2, 0.25) is 11.7 Å². The number of nitrogens with zero attached hydrogens (tertiary/aromatic N) is 3. The topological polar surface area (TPSA) is 179 Å². The highest BCUT2D eigenvalue weighted by molar-refractivity contribution is 6.03. The van der Waals surface area contributed by atoms with Crippen LogP contribution in [0.1, 0.15) is 83.5 Å². The number of nitro benzene ring substituents is 1. The van der Waals surface area contributed by atoms with Crippen LogP contribution >= 0.6 is 0 Å². The third-order valence-corrected chi connectivity index (χ3v) is 13.9. The predicted molar refractivity (Wildman–Crippen MR) is 274 cm³/mol. The van der Waals surface area contributed by atoms with Crippen LogP contribution in [0.4, 0.5) is 10.1 Å². The fourth-order valence-electron chi connectivity index (χ4n) is 10.6. The van der Waals surface area contributed by atoms with Crippen molar-refractivity contribution in [2.45, 2.75) is 75.8 Å². The van der Waals surface area contributed by atoms with Crippen LogP contribution in [0.2, 0.25) is 0 Å². The summed E-state index contributed by atoms with van der Waals surface area (Å²) >= 11 is 0. The number of aliphatic hydroxyl groups is 2. The van der Waals surface area contributed by atoms with Crippen LogP contribution in [-0.2, 0) is 27.5 Å². The number of aliphatic hydroxyl groups excluding tert-OH is 2. The molecule has 1 fully saturated rings. The van der Waals surface area contributed by atoms with Gasteiger partial charge in [-0.15, -0.1) is 6.58 Å². The van der Waals surface area contributed by atoms with E-state index in [0.717, 1.165) is 29.5 Å². The number of ether oxygens (including phenoxy) is 4. The van der Waals surface area contributed by atoms with Gasteiger partial charge in [0.1, 0.15) is 41.5 Å². The number of benzene rings is 5. The van der Waals surface area contributed by atoms with Gasteiger partial charge in [-0.05, 0) is 127 Å². The molecule has 0 aromatic heterocycles. The van der Waals surface area contributed by atoms with E-state index in [0.29, 0.717) is 77.4 Å². The molecule has 5 aromatic carbocycles. The molecular weight excluding hydrogens is 934 g/mol. The van der Waals surface area contributed by atoms with Crippen LogP contribution < -0.4 is 14.2 Å². The maximum Gasteiger partial charge on any atom is 0.269 e. The minimum Gasteiger partial charge on any atom is -0.496 e. The number of methoxy groups -OCH3 is 1. The first-order valence-corrected chi connectivity index (χ1v) is 24.6. The Morgan fingerprint density at radius 1 is 0.932 bits per heavy atom. The Bertz CT molecular complexity index is 2820. The molecule has 5 aromatic rings. The van der Waals surface area contributed by atoms with Gasteiger partial charge >= 0.3 is 0 Å². The molecule has 14 nitrogen and oxygen atoms in total. The number of hydrogen-bond donors (Lipinski definition) is 2. The summed E-state index contributed by atoms with van der Waals surface area (Å²) in [5.41, 5.74) is 4.51. The number of nitro groups is 1. The third kappa shape index (κ3) is 11.9. The minimum absolute atomic E-state index is 0.0112. The second kappa shape index (κ2) is 24.3. The Balaban J connectivity index is 1.34. The van der Waals surface area contributed by atoms with Crippen LogP contribution in [0.5, 0.6) is 23.0 Å². The number of halogens is 1. The van der Waals surface area contributed by atoms with Crippen molar-refractivity contribution in [3.63, 3.8) is 0 Å². The van der Waals surface area contributed by atoms with Crippen LogP contribution in [0.25, 0.3) is 6.08 Å². The van der Waals surface area contributed by atoms with Crippen molar-refractivity contribution < 1.29 is 52.9 Å². The smallest absolute Gasteiger partial charge is 0.269 e. The molecule has 1 aliphatic heterocycles. The molecule has 8 rings (SSSR count). The van der Waals surface area contributed by atoms with E-state index in [1.165, 1.54) is 37.5 Å². The van der Waals surface area contributed by atoms with Gasteiger partial charge in [-0.2, -0.15) is 0 Å². The van der Waals surface area contributed by atoms with Gasteiger partial charge in [0.25, 0.3) is 5.69 Å². The molecule has 0 saturated heterocycles. The number of hydrogen-bond acceptors (Lipinski definition) is 12. The van der Waals surface area contributed by atoms with Gasteiger partial charge in [0.15, 0.2) is 6.29 Å². The van der Waals surface area contributed by atoms with Gasteiger partial charge in [-0.25, -0.2) is 4.39 Å². The lowest BCUT2D eigenvalue weighted by Crippen LogP contribution is -2.70. The van der Waals surface area contributed by atoms with E-state index in [4.69, 9.17) is 28.9 Å². The number of fused-ring (bicyclic) bond motifs is 2. The Kier molecular flexibility index (Phi) is 17.3. The number of allylic oxidation sites excluding steroid dienone is 1. The highest BCUT2D eigenvalue weighted by atomic mass is 19.1. The van der Waals surface area contributed by atoms with Crippen LogP contribution in [0.15, 0.2) is 151 Å². The Labute approximate surface area is 424 Å². The summed E-state index contributed by atoms with van der Waals surface area (Å²) in [5.74, 6) is -1.95. The lowest BCUT2D eigenvalue weighted by atomic mass is 9.55. The molecule has 15 heteroatoms. The molecule has 1 amide bonds. The molecule has 6 atom stereocenters. The summed E-state index contributed by atoms with van der Waals surface area (Å²) in [7, 11) is 1.49. The summed E-state index contributed by atoms with van der Waals surface area (Å²) in [5, 5.41) is 36.5. The highest BCUT2D eigenvalue weighted by Crippen LogP contribution is 2.62. The van der Waals surface area contributed by atoms with Crippen molar-refractivity contribution in [3.8, 4) is 23.0 Å². The first-order valence-electron chi connectivity index (χ1n) is 24.6. The van der Waals surface area contributed by atoms with Crippen molar-refractivity contribution in [2.75, 3.05) is 26.9 Å². The minimum atomic E-state index is -1.63. The monoisotopic (exact) mass is 993 g/mol. The number of rotatable bonds is 24. The summed E-state index contributed by atoms with van der Waals surface area (Å²) < 4.78 is 41.0. The lowest BCUT2D eigenvalue weighted by Gasteiger charge is -2.60. The van der Waals surface area contributed by atoms with Crippen molar-refractivity contribution in [1.82, 2.24) is 4.90 Å². The summed E-state index contributed by atoms with van der Waals surface area (Å²) in [6, 6.07) is 31.0. The van der Waals surface area contributed by atoms with E-state index >= 15 is 4.79 Å². The second-order valence-electron chi connectivity index (χ2n) is 18.4. The quantitative estimate of drug-likeness (QED) is 0.0150. The number of non-ortho nitro benzene ring substituents is 1. The zero-order valence-corrected chi connectivity index (χ0v) is 40.7. The summed E-state index contributed by atoms with van der Waals surface area (Å²) in [6.45, 7) is 4.25. The highest BCUT2D eigenvalue weighted by Gasteiger charge is 2.65. The first kappa shape index (κ1) is 51.9. The van der Waals surface area contributed by atoms with E-state index in [9.17, 15) is 29.5 Å². The maximum absolute atomic E-state index is 15.2. The Hall–Kier alpha value is -7.46. The third-order valence-electron chi connectivity index (χ3n) is 13.9. The number of unbranched alkanes of at least 4 members (excludes halogenated alkanes) is 2. The second-order valence-corrected chi connectivity index (χ2v) is 18.4. The van der Waals surface area contributed by atoms with E-state index in [-0.39, 0.29) is 56.9 Å². The zero-order chi connectivity index (χ0) is 51.3. The lowest BCUT2D eigenvalue weighted by molar-refractivity contribution is -0.384. The molecule has 0 radical (unpaired) electrons. The largest absolute Gasteiger partial charge is 0.496 e. The number of aldehydes is 1.